The fourth-order valence-electron chi connectivity index (χ4n) is 2.86. The third kappa shape index (κ3) is 3.93. The molecule has 8 heteroatoms. The summed E-state index contributed by atoms with van der Waals surface area (Å²) in [6, 6.07) is 8.77. The number of nitrogens with zero attached hydrogens (tertiary/aromatic N) is 1. The van der Waals surface area contributed by atoms with E-state index in [0.717, 1.165) is 5.76 Å². The van der Waals surface area contributed by atoms with Gasteiger partial charge >= 0.3 is 0 Å². The normalized spacial score (nSPS) is 14.2. The highest BCUT2D eigenvalue weighted by molar-refractivity contribution is 8.03. The summed E-state index contributed by atoms with van der Waals surface area (Å²) in [5, 5.41) is 0. The molecule has 2 amide bonds. The third-order valence-electron chi connectivity index (χ3n) is 4.26. The van der Waals surface area contributed by atoms with Gasteiger partial charge in [0.15, 0.2) is 11.5 Å². The summed E-state index contributed by atoms with van der Waals surface area (Å²) in [6.45, 7) is 0.461. The zero-order valence-corrected chi connectivity index (χ0v) is 16.7. The molecule has 28 heavy (non-hydrogen) atoms. The van der Waals surface area contributed by atoms with Gasteiger partial charge in [-0.25, -0.2) is 0 Å². The van der Waals surface area contributed by atoms with Gasteiger partial charge in [0, 0.05) is 7.11 Å². The molecule has 0 aliphatic carbocycles. The quantitative estimate of drug-likeness (QED) is 0.596. The van der Waals surface area contributed by atoms with Crippen LogP contribution in [0.25, 0.3) is 5.57 Å². The highest BCUT2D eigenvalue weighted by Crippen LogP contribution is 2.40. The Bertz CT molecular complexity index is 890. The standard InChI is InChI=1S/C20H21NO6S/c1-24-10-8-21-19(22)17(13-6-7-15(25-2)16(11-13)26-3)18(20(21)23)28-12-14-5-4-9-27-14/h4-7,9,11H,8,10,12H2,1-3H3. The van der Waals surface area contributed by atoms with Crippen molar-refractivity contribution in [3.8, 4) is 11.5 Å². The predicted molar refractivity (Wildman–Crippen MR) is 105 cm³/mol. The zero-order chi connectivity index (χ0) is 20.1. The molecule has 0 saturated carbocycles. The number of imide groups is 1. The van der Waals surface area contributed by atoms with Crippen LogP contribution in [0.3, 0.4) is 0 Å². The molecule has 0 fully saturated rings. The van der Waals surface area contributed by atoms with E-state index in [0.29, 0.717) is 33.3 Å². The van der Waals surface area contributed by atoms with Gasteiger partial charge in [0.2, 0.25) is 0 Å². The largest absolute Gasteiger partial charge is 0.493 e. The van der Waals surface area contributed by atoms with Crippen LogP contribution in [-0.4, -0.2) is 51.2 Å². The van der Waals surface area contributed by atoms with E-state index in [1.165, 1.54) is 38.0 Å². The van der Waals surface area contributed by atoms with E-state index in [4.69, 9.17) is 18.6 Å². The minimum atomic E-state index is -0.351. The van der Waals surface area contributed by atoms with Crippen molar-refractivity contribution in [2.45, 2.75) is 5.75 Å². The first-order valence-corrected chi connectivity index (χ1v) is 9.56. The number of hydrogen-bond acceptors (Lipinski definition) is 7. The van der Waals surface area contributed by atoms with Crippen molar-refractivity contribution in [1.82, 2.24) is 4.90 Å². The average molecular weight is 403 g/mol. The Hall–Kier alpha value is -2.71. The Labute approximate surface area is 167 Å². The smallest absolute Gasteiger partial charge is 0.268 e. The lowest BCUT2D eigenvalue weighted by atomic mass is 10.1. The van der Waals surface area contributed by atoms with Gasteiger partial charge in [0.05, 0.1) is 49.9 Å². The van der Waals surface area contributed by atoms with Crippen molar-refractivity contribution >= 4 is 29.1 Å². The van der Waals surface area contributed by atoms with Crippen LogP contribution in [0.15, 0.2) is 45.9 Å². The van der Waals surface area contributed by atoms with E-state index in [2.05, 4.69) is 0 Å². The maximum atomic E-state index is 13.0. The van der Waals surface area contributed by atoms with E-state index in [1.807, 2.05) is 6.07 Å². The molecule has 1 aromatic carbocycles. The Morgan fingerprint density at radius 1 is 1.04 bits per heavy atom. The van der Waals surface area contributed by atoms with Crippen LogP contribution in [0, 0.1) is 0 Å². The summed E-state index contributed by atoms with van der Waals surface area (Å²) in [4.78, 5) is 27.5. The van der Waals surface area contributed by atoms with Crippen LogP contribution < -0.4 is 9.47 Å². The maximum absolute atomic E-state index is 13.0. The molecule has 7 nitrogen and oxygen atoms in total. The van der Waals surface area contributed by atoms with Crippen LogP contribution >= 0.6 is 11.8 Å². The summed E-state index contributed by atoms with van der Waals surface area (Å²) in [5.74, 6) is 1.51. The lowest BCUT2D eigenvalue weighted by molar-refractivity contribution is -0.137. The molecule has 0 N–H and O–H groups in total. The topological polar surface area (TPSA) is 78.2 Å². The van der Waals surface area contributed by atoms with E-state index < -0.39 is 0 Å². The first-order chi connectivity index (χ1) is 13.6. The predicted octanol–water partition coefficient (Wildman–Crippen LogP) is 2.96. The second-order valence-electron chi connectivity index (χ2n) is 5.90. The van der Waals surface area contributed by atoms with Gasteiger partial charge in [-0.3, -0.25) is 14.5 Å². The summed E-state index contributed by atoms with van der Waals surface area (Å²) < 4.78 is 21.0. The molecule has 1 aliphatic heterocycles. The molecule has 0 atom stereocenters. The molecule has 1 aliphatic rings. The summed E-state index contributed by atoms with van der Waals surface area (Å²) >= 11 is 1.28. The van der Waals surface area contributed by atoms with Crippen molar-refractivity contribution in [2.75, 3.05) is 34.5 Å². The number of furan rings is 1. The fourth-order valence-corrected chi connectivity index (χ4v) is 3.89. The Kier molecular flexibility index (Phi) is 6.43. The maximum Gasteiger partial charge on any atom is 0.268 e. The Morgan fingerprint density at radius 3 is 2.46 bits per heavy atom. The van der Waals surface area contributed by atoms with E-state index in [1.54, 1.807) is 30.5 Å². The van der Waals surface area contributed by atoms with E-state index >= 15 is 0 Å². The number of thioether (sulfide) groups is 1. The zero-order valence-electron chi connectivity index (χ0n) is 15.9. The number of carbonyl (C=O) groups excluding carboxylic acids is 2. The van der Waals surface area contributed by atoms with Gasteiger partial charge in [0.1, 0.15) is 5.76 Å². The van der Waals surface area contributed by atoms with E-state index in [-0.39, 0.29) is 25.0 Å². The van der Waals surface area contributed by atoms with Gasteiger partial charge in [-0.2, -0.15) is 0 Å². The molecule has 0 saturated heterocycles. The molecule has 0 bridgehead atoms. The SMILES string of the molecule is COCCN1C(=O)C(SCc2ccco2)=C(c2ccc(OC)c(OC)c2)C1=O. The number of benzene rings is 1. The second-order valence-corrected chi connectivity index (χ2v) is 6.88. The van der Waals surface area contributed by atoms with Gasteiger partial charge < -0.3 is 18.6 Å². The molecule has 0 unspecified atom stereocenters. The molecule has 0 radical (unpaired) electrons. The van der Waals surface area contributed by atoms with Crippen LogP contribution in [0.5, 0.6) is 11.5 Å². The lowest BCUT2D eigenvalue weighted by Gasteiger charge is -2.14. The number of carbonyl (C=O) groups is 2. The van der Waals surface area contributed by atoms with Crippen LogP contribution in [0.1, 0.15) is 11.3 Å². The molecule has 148 valence electrons. The number of rotatable bonds is 9. The molecular weight excluding hydrogens is 382 g/mol. The summed E-state index contributed by atoms with van der Waals surface area (Å²) in [5.41, 5.74) is 0.941. The lowest BCUT2D eigenvalue weighted by Crippen LogP contribution is -2.34. The number of methoxy groups -OCH3 is 3. The molecule has 0 spiro atoms. The Balaban J connectivity index is 1.99. The van der Waals surface area contributed by atoms with Crippen LogP contribution in [0.2, 0.25) is 0 Å². The van der Waals surface area contributed by atoms with Gasteiger partial charge in [0.25, 0.3) is 11.8 Å². The molecule has 1 aromatic heterocycles. The van der Waals surface area contributed by atoms with Gasteiger partial charge in [-0.1, -0.05) is 6.07 Å². The highest BCUT2D eigenvalue weighted by Gasteiger charge is 2.39. The molecule has 2 aromatic rings. The molecule has 2 heterocycles. The number of ether oxygens (including phenoxy) is 3. The van der Waals surface area contributed by atoms with Crippen molar-refractivity contribution < 1.29 is 28.2 Å². The third-order valence-corrected chi connectivity index (χ3v) is 5.35. The second kappa shape index (κ2) is 8.99. The molecule has 3 rings (SSSR count). The van der Waals surface area contributed by atoms with Crippen LogP contribution in [-0.2, 0) is 20.1 Å². The summed E-state index contributed by atoms with van der Waals surface area (Å²) in [7, 11) is 4.59. The highest BCUT2D eigenvalue weighted by atomic mass is 32.2. The minimum absolute atomic E-state index is 0.190. The minimum Gasteiger partial charge on any atom is -0.493 e. The van der Waals surface area contributed by atoms with Crippen LogP contribution in [0.4, 0.5) is 0 Å². The number of hydrogen-bond donors (Lipinski definition) is 0. The van der Waals surface area contributed by atoms with Crippen molar-refractivity contribution in [1.29, 1.82) is 0 Å². The fraction of sp³-hybridized carbons (Fsp3) is 0.300. The van der Waals surface area contributed by atoms with Crippen molar-refractivity contribution in [3.63, 3.8) is 0 Å². The first kappa shape index (κ1) is 20.0. The average Bonchev–Trinajstić information content (AvgIpc) is 3.31. The number of amides is 2. The van der Waals surface area contributed by atoms with Crippen molar-refractivity contribution in [2.24, 2.45) is 0 Å². The monoisotopic (exact) mass is 403 g/mol. The Morgan fingerprint density at radius 2 is 1.82 bits per heavy atom. The van der Waals surface area contributed by atoms with Gasteiger partial charge in [-0.15, -0.1) is 11.8 Å². The first-order valence-electron chi connectivity index (χ1n) is 8.57. The summed E-state index contributed by atoms with van der Waals surface area (Å²) in [6.07, 6.45) is 1.58. The van der Waals surface area contributed by atoms with Crippen molar-refractivity contribution in [3.05, 3.63) is 52.8 Å². The van der Waals surface area contributed by atoms with Gasteiger partial charge in [-0.05, 0) is 29.8 Å². The molecular formula is C20H21NO6S. The van der Waals surface area contributed by atoms with E-state index in [9.17, 15) is 9.59 Å².